The second-order valence-electron chi connectivity index (χ2n) is 3.46. The molecule has 1 aromatic heterocycles. The fourth-order valence-corrected chi connectivity index (χ4v) is 1.72. The van der Waals surface area contributed by atoms with Gasteiger partial charge in [0.05, 0.1) is 10.3 Å². The number of aromatic nitrogens is 1. The highest BCUT2D eigenvalue weighted by Crippen LogP contribution is 2.25. The molecular weight excluding hydrogens is 256 g/mol. The van der Waals surface area contributed by atoms with Gasteiger partial charge in [0.15, 0.2) is 0 Å². The largest absolute Gasteiger partial charge is 0.388 e. The zero-order valence-corrected chi connectivity index (χ0v) is 10.5. The van der Waals surface area contributed by atoms with Crippen molar-refractivity contribution < 1.29 is 0 Å². The molecule has 82 valence electrons. The van der Waals surface area contributed by atoms with Crippen molar-refractivity contribution in [2.24, 2.45) is 5.73 Å². The second kappa shape index (κ2) is 5.11. The van der Waals surface area contributed by atoms with Gasteiger partial charge in [0, 0.05) is 26.2 Å². The van der Waals surface area contributed by atoms with E-state index in [4.69, 9.17) is 11.1 Å². The molecule has 15 heavy (non-hydrogen) atoms. The molecule has 0 aliphatic rings. The number of nitrogens with zero attached hydrogens (tertiary/aromatic N) is 2. The van der Waals surface area contributed by atoms with Crippen LogP contribution in [-0.2, 0) is 0 Å². The van der Waals surface area contributed by atoms with E-state index in [1.807, 2.05) is 24.9 Å². The molecule has 0 aliphatic carbocycles. The summed E-state index contributed by atoms with van der Waals surface area (Å²) in [5, 5.41) is 7.17. The molecule has 1 rings (SSSR count). The average molecular weight is 271 g/mol. The van der Waals surface area contributed by atoms with Gasteiger partial charge in [0.2, 0.25) is 0 Å². The fraction of sp³-hybridized carbons (Fsp3) is 0.400. The zero-order chi connectivity index (χ0) is 11.4. The van der Waals surface area contributed by atoms with Gasteiger partial charge in [0.1, 0.15) is 5.82 Å². The standard InChI is InChI=1S/C10H15BrN4/c1-7-3-5-14-10(9(7)11)15(2)6-4-8(12)13/h3,5H,4,6H2,1-2H3,(H3,12,13). The van der Waals surface area contributed by atoms with Gasteiger partial charge in [-0.1, -0.05) is 0 Å². The summed E-state index contributed by atoms with van der Waals surface area (Å²) in [6.07, 6.45) is 2.33. The first-order valence-corrected chi connectivity index (χ1v) is 5.47. The molecule has 0 radical (unpaired) electrons. The number of hydrogen-bond donors (Lipinski definition) is 2. The number of halogens is 1. The van der Waals surface area contributed by atoms with Crippen LogP contribution in [0, 0.1) is 12.3 Å². The molecule has 0 aromatic carbocycles. The van der Waals surface area contributed by atoms with Crippen molar-refractivity contribution in [1.82, 2.24) is 4.98 Å². The quantitative estimate of drug-likeness (QED) is 0.649. The van der Waals surface area contributed by atoms with Crippen LogP contribution < -0.4 is 10.6 Å². The minimum atomic E-state index is 0.200. The van der Waals surface area contributed by atoms with Gasteiger partial charge in [-0.2, -0.15) is 0 Å². The van der Waals surface area contributed by atoms with Crippen LogP contribution in [0.15, 0.2) is 16.7 Å². The molecule has 0 saturated heterocycles. The number of nitrogens with two attached hydrogens (primary N) is 1. The first-order valence-electron chi connectivity index (χ1n) is 4.67. The molecule has 0 amide bonds. The number of aryl methyl sites for hydroxylation is 1. The van der Waals surface area contributed by atoms with Crippen LogP contribution in [0.4, 0.5) is 5.82 Å². The lowest BCUT2D eigenvalue weighted by molar-refractivity contribution is 0.885. The Bertz CT molecular complexity index is 364. The number of amidine groups is 1. The van der Waals surface area contributed by atoms with E-state index in [1.54, 1.807) is 6.20 Å². The Hall–Kier alpha value is -1.10. The van der Waals surface area contributed by atoms with Crippen LogP contribution in [0.25, 0.3) is 0 Å². The molecule has 0 atom stereocenters. The third-order valence-electron chi connectivity index (χ3n) is 2.14. The van der Waals surface area contributed by atoms with E-state index < -0.39 is 0 Å². The number of rotatable bonds is 4. The molecule has 0 saturated carbocycles. The minimum Gasteiger partial charge on any atom is -0.388 e. The Morgan fingerprint density at radius 3 is 2.93 bits per heavy atom. The summed E-state index contributed by atoms with van der Waals surface area (Å²) in [6.45, 7) is 2.72. The van der Waals surface area contributed by atoms with Crippen LogP contribution in [-0.4, -0.2) is 24.4 Å². The zero-order valence-electron chi connectivity index (χ0n) is 8.92. The Kier molecular flexibility index (Phi) is 4.08. The van der Waals surface area contributed by atoms with Gasteiger partial charge in [-0.15, -0.1) is 0 Å². The van der Waals surface area contributed by atoms with Crippen molar-refractivity contribution in [3.05, 3.63) is 22.3 Å². The molecule has 0 aliphatic heterocycles. The molecule has 4 nitrogen and oxygen atoms in total. The summed E-state index contributed by atoms with van der Waals surface area (Å²) in [5.41, 5.74) is 6.46. The van der Waals surface area contributed by atoms with Gasteiger partial charge in [0.25, 0.3) is 0 Å². The molecule has 0 bridgehead atoms. The van der Waals surface area contributed by atoms with Crippen molar-refractivity contribution in [2.45, 2.75) is 13.3 Å². The Balaban J connectivity index is 2.77. The lowest BCUT2D eigenvalue weighted by Crippen LogP contribution is -2.24. The van der Waals surface area contributed by atoms with E-state index in [0.717, 1.165) is 15.9 Å². The highest BCUT2D eigenvalue weighted by atomic mass is 79.9. The third-order valence-corrected chi connectivity index (χ3v) is 3.12. The van der Waals surface area contributed by atoms with Crippen molar-refractivity contribution in [3.8, 4) is 0 Å². The lowest BCUT2D eigenvalue weighted by atomic mass is 10.3. The van der Waals surface area contributed by atoms with E-state index in [1.165, 1.54) is 0 Å². The Labute approximate surface area is 98.1 Å². The number of pyridine rings is 1. The van der Waals surface area contributed by atoms with Crippen LogP contribution in [0.2, 0.25) is 0 Å². The Morgan fingerprint density at radius 1 is 1.67 bits per heavy atom. The van der Waals surface area contributed by atoms with Crippen LogP contribution in [0.3, 0.4) is 0 Å². The van der Waals surface area contributed by atoms with Crippen molar-refractivity contribution >= 4 is 27.6 Å². The number of nitrogens with one attached hydrogen (secondary N) is 1. The predicted molar refractivity (Wildman–Crippen MR) is 66.5 cm³/mol. The third kappa shape index (κ3) is 3.20. The van der Waals surface area contributed by atoms with Crippen molar-refractivity contribution in [2.75, 3.05) is 18.5 Å². The summed E-state index contributed by atoms with van der Waals surface area (Å²) < 4.78 is 0.996. The molecule has 0 unspecified atom stereocenters. The second-order valence-corrected chi connectivity index (χ2v) is 4.26. The lowest BCUT2D eigenvalue weighted by Gasteiger charge is -2.19. The topological polar surface area (TPSA) is 66.0 Å². The molecule has 5 heteroatoms. The van der Waals surface area contributed by atoms with Gasteiger partial charge < -0.3 is 10.6 Å². The van der Waals surface area contributed by atoms with E-state index in [0.29, 0.717) is 13.0 Å². The molecule has 0 spiro atoms. The molecular formula is C10H15BrN4. The van der Waals surface area contributed by atoms with Crippen LogP contribution >= 0.6 is 15.9 Å². The maximum Gasteiger partial charge on any atom is 0.142 e. The Morgan fingerprint density at radius 2 is 2.33 bits per heavy atom. The number of hydrogen-bond acceptors (Lipinski definition) is 3. The number of anilines is 1. The van der Waals surface area contributed by atoms with Crippen LogP contribution in [0.1, 0.15) is 12.0 Å². The highest BCUT2D eigenvalue weighted by Gasteiger charge is 2.08. The summed E-state index contributed by atoms with van der Waals surface area (Å²) in [6, 6.07) is 1.95. The maximum absolute atomic E-state index is 7.17. The first kappa shape index (κ1) is 12.0. The highest BCUT2D eigenvalue weighted by molar-refractivity contribution is 9.10. The molecule has 1 heterocycles. The van der Waals surface area contributed by atoms with E-state index in [2.05, 4.69) is 20.9 Å². The summed E-state index contributed by atoms with van der Waals surface area (Å²) in [7, 11) is 1.94. The predicted octanol–water partition coefficient (Wildman–Crippen LogP) is 1.91. The van der Waals surface area contributed by atoms with Crippen molar-refractivity contribution in [3.63, 3.8) is 0 Å². The normalized spacial score (nSPS) is 10.1. The van der Waals surface area contributed by atoms with E-state index >= 15 is 0 Å². The maximum atomic E-state index is 7.17. The summed E-state index contributed by atoms with van der Waals surface area (Å²) >= 11 is 3.50. The fourth-order valence-electron chi connectivity index (χ4n) is 1.19. The minimum absolute atomic E-state index is 0.200. The van der Waals surface area contributed by atoms with Gasteiger partial charge >= 0.3 is 0 Å². The van der Waals surface area contributed by atoms with Crippen molar-refractivity contribution in [1.29, 1.82) is 5.41 Å². The molecule has 1 aromatic rings. The van der Waals surface area contributed by atoms with Crippen LogP contribution in [0.5, 0.6) is 0 Å². The van der Waals surface area contributed by atoms with Gasteiger partial charge in [-0.25, -0.2) is 4.98 Å². The van der Waals surface area contributed by atoms with E-state index in [-0.39, 0.29) is 5.84 Å². The first-order chi connectivity index (χ1) is 7.02. The smallest absolute Gasteiger partial charge is 0.142 e. The SMILES string of the molecule is Cc1ccnc(N(C)CCC(=N)N)c1Br. The molecule has 0 fully saturated rings. The average Bonchev–Trinajstić information content (AvgIpc) is 2.18. The molecule has 3 N–H and O–H groups in total. The summed E-state index contributed by atoms with van der Waals surface area (Å²) in [4.78, 5) is 6.27. The van der Waals surface area contributed by atoms with E-state index in [9.17, 15) is 0 Å². The summed E-state index contributed by atoms with van der Waals surface area (Å²) in [5.74, 6) is 1.09. The van der Waals surface area contributed by atoms with Gasteiger partial charge in [-0.05, 0) is 34.5 Å². The monoisotopic (exact) mass is 270 g/mol. The van der Waals surface area contributed by atoms with Gasteiger partial charge in [-0.3, -0.25) is 5.41 Å².